The van der Waals surface area contributed by atoms with Crippen molar-refractivity contribution in [1.29, 1.82) is 0 Å². The lowest BCUT2D eigenvalue weighted by atomic mass is 9.87. The third-order valence-electron chi connectivity index (χ3n) is 5.62. The number of hydrogen-bond acceptors (Lipinski definition) is 3. The number of para-hydroxylation sites is 1. The zero-order valence-corrected chi connectivity index (χ0v) is 17.9. The maximum absolute atomic E-state index is 14.1. The predicted octanol–water partition coefficient (Wildman–Crippen LogP) is 4.46. The molecule has 0 bridgehead atoms. The second-order valence-electron chi connectivity index (χ2n) is 7.57. The van der Waals surface area contributed by atoms with Crippen molar-refractivity contribution in [2.45, 2.75) is 30.2 Å². The Bertz CT molecular complexity index is 1230. The molecule has 3 aromatic carbocycles. The van der Waals surface area contributed by atoms with Gasteiger partial charge in [0.05, 0.1) is 16.6 Å². The molecule has 1 atom stereocenters. The van der Waals surface area contributed by atoms with E-state index in [2.05, 4.69) is 11.4 Å². The quantitative estimate of drug-likeness (QED) is 0.640. The van der Waals surface area contributed by atoms with Crippen molar-refractivity contribution >= 4 is 21.6 Å². The van der Waals surface area contributed by atoms with Gasteiger partial charge < -0.3 is 5.32 Å². The Hall–Kier alpha value is -3.19. The zero-order chi connectivity index (χ0) is 22.0. The van der Waals surface area contributed by atoms with E-state index in [1.54, 1.807) is 12.1 Å². The number of nitrogens with one attached hydrogen (secondary N) is 1. The Balaban J connectivity index is 1.59. The summed E-state index contributed by atoms with van der Waals surface area (Å²) in [6.07, 6.45) is 2.79. The fourth-order valence-electron chi connectivity index (χ4n) is 3.94. The van der Waals surface area contributed by atoms with Crippen molar-refractivity contribution in [1.82, 2.24) is 5.32 Å². The van der Waals surface area contributed by atoms with Gasteiger partial charge in [-0.25, -0.2) is 12.8 Å². The van der Waals surface area contributed by atoms with E-state index >= 15 is 0 Å². The minimum Gasteiger partial charge on any atom is -0.345 e. The number of sulfonamides is 1. The lowest BCUT2D eigenvalue weighted by Gasteiger charge is -2.26. The SMILES string of the molecule is CN(c1ccccc1F)S(=O)(=O)c1cccc(C(=O)N[C@H]2CCCc3ccccc32)c1. The van der Waals surface area contributed by atoms with Gasteiger partial charge in [-0.2, -0.15) is 0 Å². The van der Waals surface area contributed by atoms with Gasteiger partial charge >= 0.3 is 0 Å². The number of halogens is 1. The number of carbonyl (C=O) groups excluding carboxylic acids is 1. The van der Waals surface area contributed by atoms with E-state index in [9.17, 15) is 17.6 Å². The first-order chi connectivity index (χ1) is 14.9. The summed E-state index contributed by atoms with van der Waals surface area (Å²) in [6.45, 7) is 0. The average Bonchev–Trinajstić information content (AvgIpc) is 2.79. The van der Waals surface area contributed by atoms with Gasteiger partial charge in [-0.15, -0.1) is 0 Å². The van der Waals surface area contributed by atoms with Gasteiger partial charge in [0.15, 0.2) is 0 Å². The smallest absolute Gasteiger partial charge is 0.264 e. The van der Waals surface area contributed by atoms with Crippen molar-refractivity contribution in [3.63, 3.8) is 0 Å². The highest BCUT2D eigenvalue weighted by Crippen LogP contribution is 2.30. The Labute approximate surface area is 181 Å². The molecular formula is C24H23FN2O3S. The van der Waals surface area contributed by atoms with Crippen LogP contribution in [-0.2, 0) is 16.4 Å². The summed E-state index contributed by atoms with van der Waals surface area (Å²) in [7, 11) is -2.75. The summed E-state index contributed by atoms with van der Waals surface area (Å²) in [6, 6.07) is 19.4. The number of nitrogens with zero attached hydrogens (tertiary/aromatic N) is 1. The number of hydrogen-bond donors (Lipinski definition) is 1. The molecule has 0 aromatic heterocycles. The molecule has 5 nitrogen and oxygen atoms in total. The molecule has 0 aliphatic heterocycles. The molecular weight excluding hydrogens is 415 g/mol. The topological polar surface area (TPSA) is 66.5 Å². The molecule has 1 N–H and O–H groups in total. The van der Waals surface area contributed by atoms with Crippen LogP contribution < -0.4 is 9.62 Å². The van der Waals surface area contributed by atoms with Crippen molar-refractivity contribution in [2.75, 3.05) is 11.4 Å². The molecule has 4 rings (SSSR count). The molecule has 1 amide bonds. The molecule has 7 heteroatoms. The third-order valence-corrected chi connectivity index (χ3v) is 7.39. The molecule has 0 heterocycles. The molecule has 160 valence electrons. The molecule has 1 aliphatic rings. The van der Waals surface area contributed by atoms with Gasteiger partial charge in [-0.05, 0) is 60.7 Å². The van der Waals surface area contributed by atoms with Crippen LogP contribution in [0.5, 0.6) is 0 Å². The lowest BCUT2D eigenvalue weighted by molar-refractivity contribution is 0.0932. The Morgan fingerprint density at radius 1 is 1.03 bits per heavy atom. The maximum atomic E-state index is 14.1. The van der Waals surface area contributed by atoms with Crippen LogP contribution in [0.3, 0.4) is 0 Å². The maximum Gasteiger partial charge on any atom is 0.264 e. The van der Waals surface area contributed by atoms with Gasteiger partial charge in [-0.1, -0.05) is 42.5 Å². The Morgan fingerprint density at radius 3 is 2.58 bits per heavy atom. The first kappa shape index (κ1) is 21.1. The van der Waals surface area contributed by atoms with Crippen LogP contribution in [0.4, 0.5) is 10.1 Å². The summed E-state index contributed by atoms with van der Waals surface area (Å²) in [5, 5.41) is 3.03. The number of carbonyl (C=O) groups is 1. The van der Waals surface area contributed by atoms with Crippen LogP contribution >= 0.6 is 0 Å². The fourth-order valence-corrected chi connectivity index (χ4v) is 5.19. The summed E-state index contributed by atoms with van der Waals surface area (Å²) >= 11 is 0. The minimum absolute atomic E-state index is 0.0591. The Morgan fingerprint density at radius 2 is 1.77 bits per heavy atom. The largest absolute Gasteiger partial charge is 0.345 e. The molecule has 0 fully saturated rings. The standard InChI is InChI=1S/C24H23FN2O3S/c1-27(23-15-5-4-13-21(23)25)31(29,30)19-11-6-10-18(16-19)24(28)26-22-14-7-9-17-8-2-3-12-20(17)22/h2-6,8,10-13,15-16,22H,7,9,14H2,1H3,(H,26,28)/t22-/m0/s1. The number of rotatable bonds is 5. The van der Waals surface area contributed by atoms with Crippen LogP contribution in [-0.4, -0.2) is 21.4 Å². The molecule has 0 saturated carbocycles. The number of anilines is 1. The predicted molar refractivity (Wildman–Crippen MR) is 118 cm³/mol. The summed E-state index contributed by atoms with van der Waals surface area (Å²) in [5.74, 6) is -0.981. The molecule has 31 heavy (non-hydrogen) atoms. The van der Waals surface area contributed by atoms with E-state index in [0.717, 1.165) is 29.1 Å². The van der Waals surface area contributed by atoms with Crippen molar-refractivity contribution in [3.05, 3.63) is 95.3 Å². The van der Waals surface area contributed by atoms with Crippen molar-refractivity contribution in [3.8, 4) is 0 Å². The van der Waals surface area contributed by atoms with Gasteiger partial charge in [0.25, 0.3) is 15.9 Å². The van der Waals surface area contributed by atoms with Gasteiger partial charge in [0, 0.05) is 12.6 Å². The highest BCUT2D eigenvalue weighted by Gasteiger charge is 2.26. The highest BCUT2D eigenvalue weighted by atomic mass is 32.2. The normalized spacial score (nSPS) is 15.7. The van der Waals surface area contributed by atoms with Gasteiger partial charge in [-0.3, -0.25) is 9.10 Å². The van der Waals surface area contributed by atoms with E-state index in [4.69, 9.17) is 0 Å². The summed E-state index contributed by atoms with van der Waals surface area (Å²) in [5.41, 5.74) is 2.51. The highest BCUT2D eigenvalue weighted by molar-refractivity contribution is 7.92. The second kappa shape index (κ2) is 8.51. The molecule has 1 aliphatic carbocycles. The van der Waals surface area contributed by atoms with Gasteiger partial charge in [0.2, 0.25) is 0 Å². The van der Waals surface area contributed by atoms with Crippen LogP contribution in [0.1, 0.15) is 40.4 Å². The molecule has 0 saturated heterocycles. The van der Waals surface area contributed by atoms with Crippen LogP contribution in [0.25, 0.3) is 0 Å². The number of benzene rings is 3. The fraction of sp³-hybridized carbons (Fsp3) is 0.208. The van der Waals surface area contributed by atoms with Crippen LogP contribution in [0, 0.1) is 5.82 Å². The van der Waals surface area contributed by atoms with E-state index < -0.39 is 15.8 Å². The van der Waals surface area contributed by atoms with Crippen LogP contribution in [0.2, 0.25) is 0 Å². The van der Waals surface area contributed by atoms with Crippen molar-refractivity contribution < 1.29 is 17.6 Å². The average molecular weight is 439 g/mol. The molecule has 3 aromatic rings. The molecule has 0 spiro atoms. The van der Waals surface area contributed by atoms with Gasteiger partial charge in [0.1, 0.15) is 5.82 Å². The van der Waals surface area contributed by atoms with E-state index in [0.29, 0.717) is 0 Å². The first-order valence-electron chi connectivity index (χ1n) is 10.1. The third kappa shape index (κ3) is 4.18. The lowest BCUT2D eigenvalue weighted by Crippen LogP contribution is -2.31. The zero-order valence-electron chi connectivity index (χ0n) is 17.1. The van der Waals surface area contributed by atoms with E-state index in [1.165, 1.54) is 49.0 Å². The number of aryl methyl sites for hydroxylation is 1. The molecule has 0 radical (unpaired) electrons. The first-order valence-corrected chi connectivity index (χ1v) is 11.5. The minimum atomic E-state index is -4.04. The Kier molecular flexibility index (Phi) is 5.78. The summed E-state index contributed by atoms with van der Waals surface area (Å²) < 4.78 is 41.1. The monoisotopic (exact) mass is 438 g/mol. The van der Waals surface area contributed by atoms with E-state index in [-0.39, 0.29) is 28.1 Å². The van der Waals surface area contributed by atoms with Crippen molar-refractivity contribution in [2.24, 2.45) is 0 Å². The second-order valence-corrected chi connectivity index (χ2v) is 9.54. The number of fused-ring (bicyclic) bond motifs is 1. The number of amides is 1. The summed E-state index contributed by atoms with van der Waals surface area (Å²) in [4.78, 5) is 12.8. The van der Waals surface area contributed by atoms with E-state index in [1.807, 2.05) is 18.2 Å². The molecule has 0 unspecified atom stereocenters. The van der Waals surface area contributed by atoms with Crippen LogP contribution in [0.15, 0.2) is 77.7 Å².